The Hall–Kier alpha value is -2.62. The highest BCUT2D eigenvalue weighted by molar-refractivity contribution is 7.99. The van der Waals surface area contributed by atoms with Crippen LogP contribution in [0.1, 0.15) is 6.92 Å². The van der Waals surface area contributed by atoms with E-state index in [9.17, 15) is 4.79 Å². The van der Waals surface area contributed by atoms with Crippen molar-refractivity contribution >= 4 is 46.3 Å². The van der Waals surface area contributed by atoms with Crippen LogP contribution < -0.4 is 5.32 Å². The summed E-state index contributed by atoms with van der Waals surface area (Å²) in [6.07, 6.45) is 3.32. The van der Waals surface area contributed by atoms with Gasteiger partial charge in [0.15, 0.2) is 11.0 Å². The molecule has 7 nitrogen and oxygen atoms in total. The van der Waals surface area contributed by atoms with Crippen molar-refractivity contribution in [1.82, 2.24) is 24.5 Å². The molecular formula is C19H17ClN6OS2. The van der Waals surface area contributed by atoms with Gasteiger partial charge in [0.1, 0.15) is 0 Å². The van der Waals surface area contributed by atoms with Gasteiger partial charge in [-0.2, -0.15) is 5.10 Å². The smallest absolute Gasteiger partial charge is 0.234 e. The van der Waals surface area contributed by atoms with Crippen molar-refractivity contribution < 1.29 is 4.79 Å². The minimum atomic E-state index is -0.142. The molecule has 0 unspecified atom stereocenters. The van der Waals surface area contributed by atoms with Crippen LogP contribution in [0.5, 0.6) is 0 Å². The topological polar surface area (TPSA) is 77.6 Å². The first kappa shape index (κ1) is 19.7. The summed E-state index contributed by atoms with van der Waals surface area (Å²) in [5.74, 6) is 0.906. The molecule has 0 aliphatic heterocycles. The molecule has 3 heterocycles. The molecule has 3 aromatic heterocycles. The molecule has 0 atom stereocenters. The van der Waals surface area contributed by atoms with Crippen molar-refractivity contribution in [3.63, 3.8) is 0 Å². The summed E-state index contributed by atoms with van der Waals surface area (Å²) in [7, 11) is 0. The second-order valence-corrected chi connectivity index (χ2v) is 8.29. The van der Waals surface area contributed by atoms with Gasteiger partial charge in [0, 0.05) is 6.54 Å². The molecule has 10 heteroatoms. The van der Waals surface area contributed by atoms with Crippen LogP contribution in [0.3, 0.4) is 0 Å². The molecule has 0 aliphatic carbocycles. The first-order valence-corrected chi connectivity index (χ1v) is 11.1. The maximum Gasteiger partial charge on any atom is 0.234 e. The first-order valence-electron chi connectivity index (χ1n) is 8.85. The molecule has 29 heavy (non-hydrogen) atoms. The monoisotopic (exact) mass is 444 g/mol. The van der Waals surface area contributed by atoms with Gasteiger partial charge in [0.2, 0.25) is 5.91 Å². The Kier molecular flexibility index (Phi) is 5.98. The Morgan fingerprint density at radius 2 is 2.10 bits per heavy atom. The van der Waals surface area contributed by atoms with Gasteiger partial charge in [-0.3, -0.25) is 4.79 Å². The van der Waals surface area contributed by atoms with E-state index in [1.165, 1.54) is 11.8 Å². The number of carbonyl (C=O) groups excluding carboxylic acids is 1. The highest BCUT2D eigenvalue weighted by Gasteiger charge is 2.15. The standard InChI is InChI=1S/C19H17ClN6OS2/c1-2-25-18(16-8-5-9-28-16)23-24-19(25)29-12-17(27)22-13-10-21-26(11-13)15-7-4-3-6-14(15)20/h3-11H,2,12H2,1H3,(H,22,27). The number of rotatable bonds is 7. The Labute approximate surface area is 180 Å². The molecular weight excluding hydrogens is 428 g/mol. The van der Waals surface area contributed by atoms with Crippen LogP contribution in [-0.4, -0.2) is 36.2 Å². The normalized spacial score (nSPS) is 11.0. The molecule has 0 spiro atoms. The number of nitrogens with one attached hydrogen (secondary N) is 1. The molecule has 1 N–H and O–H groups in total. The predicted molar refractivity (Wildman–Crippen MR) is 117 cm³/mol. The fourth-order valence-corrected chi connectivity index (χ4v) is 4.49. The van der Waals surface area contributed by atoms with Crippen LogP contribution in [0.15, 0.2) is 59.3 Å². The SMILES string of the molecule is CCn1c(SCC(=O)Nc2cnn(-c3ccccc3Cl)c2)nnc1-c1cccs1. The van der Waals surface area contributed by atoms with Crippen molar-refractivity contribution in [3.8, 4) is 16.4 Å². The number of thioether (sulfide) groups is 1. The van der Waals surface area contributed by atoms with Gasteiger partial charge in [0.25, 0.3) is 0 Å². The van der Waals surface area contributed by atoms with Gasteiger partial charge in [-0.25, -0.2) is 4.68 Å². The summed E-state index contributed by atoms with van der Waals surface area (Å²) in [5.41, 5.74) is 1.35. The summed E-state index contributed by atoms with van der Waals surface area (Å²) < 4.78 is 3.64. The van der Waals surface area contributed by atoms with Gasteiger partial charge in [-0.1, -0.05) is 41.6 Å². The number of hydrogen-bond acceptors (Lipinski definition) is 6. The third-order valence-corrected chi connectivity index (χ3v) is 6.22. The van der Waals surface area contributed by atoms with E-state index in [-0.39, 0.29) is 11.7 Å². The number of amides is 1. The maximum absolute atomic E-state index is 12.4. The van der Waals surface area contributed by atoms with E-state index in [1.807, 2.05) is 47.2 Å². The third-order valence-electron chi connectivity index (χ3n) is 4.07. The average molecular weight is 445 g/mol. The summed E-state index contributed by atoms with van der Waals surface area (Å²) in [4.78, 5) is 13.4. The maximum atomic E-state index is 12.4. The third kappa shape index (κ3) is 4.36. The fourth-order valence-electron chi connectivity index (χ4n) is 2.75. The molecule has 0 saturated heterocycles. The molecule has 1 aromatic carbocycles. The lowest BCUT2D eigenvalue weighted by Crippen LogP contribution is -2.14. The van der Waals surface area contributed by atoms with E-state index in [4.69, 9.17) is 11.6 Å². The van der Waals surface area contributed by atoms with Crippen molar-refractivity contribution in [2.75, 3.05) is 11.1 Å². The van der Waals surface area contributed by atoms with E-state index in [0.717, 1.165) is 28.1 Å². The highest BCUT2D eigenvalue weighted by atomic mass is 35.5. The van der Waals surface area contributed by atoms with Crippen molar-refractivity contribution in [1.29, 1.82) is 0 Å². The fraction of sp³-hybridized carbons (Fsp3) is 0.158. The minimum Gasteiger partial charge on any atom is -0.323 e. The summed E-state index contributed by atoms with van der Waals surface area (Å²) in [6.45, 7) is 2.77. The van der Waals surface area contributed by atoms with E-state index < -0.39 is 0 Å². The van der Waals surface area contributed by atoms with Gasteiger partial charge in [-0.15, -0.1) is 21.5 Å². The van der Waals surface area contributed by atoms with Gasteiger partial charge >= 0.3 is 0 Å². The second kappa shape index (κ2) is 8.81. The lowest BCUT2D eigenvalue weighted by atomic mass is 10.3. The number of para-hydroxylation sites is 1. The van der Waals surface area contributed by atoms with Crippen molar-refractivity contribution in [2.24, 2.45) is 0 Å². The van der Waals surface area contributed by atoms with E-state index >= 15 is 0 Å². The number of carbonyl (C=O) groups is 1. The number of thiophene rings is 1. The first-order chi connectivity index (χ1) is 14.2. The van der Waals surface area contributed by atoms with Crippen molar-refractivity contribution in [2.45, 2.75) is 18.6 Å². The zero-order valence-corrected chi connectivity index (χ0v) is 17.8. The Morgan fingerprint density at radius 1 is 1.24 bits per heavy atom. The van der Waals surface area contributed by atoms with E-state index in [2.05, 4.69) is 20.6 Å². The molecule has 4 aromatic rings. The number of hydrogen-bond donors (Lipinski definition) is 1. The number of aromatic nitrogens is 5. The Balaban J connectivity index is 1.40. The second-order valence-electron chi connectivity index (χ2n) is 5.99. The molecule has 1 amide bonds. The lowest BCUT2D eigenvalue weighted by molar-refractivity contribution is -0.113. The average Bonchev–Trinajstić information content (AvgIpc) is 3.47. The van der Waals surface area contributed by atoms with Gasteiger partial charge in [-0.05, 0) is 30.5 Å². The number of benzene rings is 1. The Morgan fingerprint density at radius 3 is 2.86 bits per heavy atom. The number of nitrogens with zero attached hydrogens (tertiary/aromatic N) is 5. The molecule has 148 valence electrons. The summed E-state index contributed by atoms with van der Waals surface area (Å²) in [6, 6.07) is 11.4. The minimum absolute atomic E-state index is 0.142. The molecule has 0 saturated carbocycles. The van der Waals surface area contributed by atoms with Crippen LogP contribution in [0.25, 0.3) is 16.4 Å². The zero-order valence-electron chi connectivity index (χ0n) is 15.4. The van der Waals surface area contributed by atoms with Crippen LogP contribution in [0.2, 0.25) is 5.02 Å². The van der Waals surface area contributed by atoms with Crippen LogP contribution >= 0.6 is 34.7 Å². The zero-order chi connectivity index (χ0) is 20.2. The quantitative estimate of drug-likeness (QED) is 0.421. The van der Waals surface area contributed by atoms with Crippen LogP contribution in [-0.2, 0) is 11.3 Å². The highest BCUT2D eigenvalue weighted by Crippen LogP contribution is 2.27. The molecule has 0 bridgehead atoms. The number of anilines is 1. The van der Waals surface area contributed by atoms with Crippen LogP contribution in [0.4, 0.5) is 5.69 Å². The van der Waals surface area contributed by atoms with Crippen molar-refractivity contribution in [3.05, 3.63) is 59.2 Å². The number of halogens is 1. The van der Waals surface area contributed by atoms with Gasteiger partial charge in [0.05, 0.1) is 39.4 Å². The molecule has 0 fully saturated rings. The largest absolute Gasteiger partial charge is 0.323 e. The lowest BCUT2D eigenvalue weighted by Gasteiger charge is -2.06. The summed E-state index contributed by atoms with van der Waals surface area (Å²) >= 11 is 9.17. The molecule has 0 radical (unpaired) electrons. The van der Waals surface area contributed by atoms with E-state index in [1.54, 1.807) is 34.5 Å². The van der Waals surface area contributed by atoms with Crippen LogP contribution in [0, 0.1) is 0 Å². The molecule has 0 aliphatic rings. The predicted octanol–water partition coefficient (Wildman–Crippen LogP) is 4.60. The van der Waals surface area contributed by atoms with Gasteiger partial charge < -0.3 is 9.88 Å². The summed E-state index contributed by atoms with van der Waals surface area (Å²) in [5, 5.41) is 19.0. The Bertz CT molecular complexity index is 1120. The molecule has 4 rings (SSSR count). The van der Waals surface area contributed by atoms with E-state index in [0.29, 0.717) is 10.7 Å².